The molecule has 0 aliphatic heterocycles. The summed E-state index contributed by atoms with van der Waals surface area (Å²) in [5.74, 6) is 0. The molecule has 0 saturated heterocycles. The first-order chi connectivity index (χ1) is 4.89. The van der Waals surface area contributed by atoms with Crippen LogP contribution in [0.1, 0.15) is 13.8 Å². The second kappa shape index (κ2) is 3.34. The summed E-state index contributed by atoms with van der Waals surface area (Å²) >= 11 is 0. The Balaban J connectivity index is 4.81. The van der Waals surface area contributed by atoms with Crippen molar-refractivity contribution in [2.45, 2.75) is 20.0 Å². The van der Waals surface area contributed by atoms with Crippen LogP contribution >= 0.6 is 0 Å². The van der Waals surface area contributed by atoms with E-state index in [2.05, 4.69) is 4.99 Å². The number of hydrogen-bond acceptors (Lipinski definition) is 2. The van der Waals surface area contributed by atoms with Crippen LogP contribution in [0.2, 0.25) is 0 Å². The molecule has 0 atom stereocenters. The molecule has 2 nitrogen and oxygen atoms in total. The molecule has 0 aliphatic rings. The van der Waals surface area contributed by atoms with Gasteiger partial charge in [-0.15, -0.1) is 0 Å². The van der Waals surface area contributed by atoms with E-state index < -0.39 is 11.7 Å². The minimum absolute atomic E-state index is 0.354. The monoisotopic (exact) mass is 165 g/mol. The maximum atomic E-state index is 11.8. The van der Waals surface area contributed by atoms with Crippen LogP contribution < -0.4 is 0 Å². The molecule has 0 saturated carbocycles. The number of isocyanates is 1. The van der Waals surface area contributed by atoms with Crippen LogP contribution in [0, 0.1) is 0 Å². The molecular formula is C6H6F3NO. The molecule has 0 fully saturated rings. The highest BCUT2D eigenvalue weighted by molar-refractivity contribution is 5.37. The number of allylic oxidation sites excluding steroid dienone is 2. The van der Waals surface area contributed by atoms with Gasteiger partial charge in [-0.1, -0.05) is 0 Å². The lowest BCUT2D eigenvalue weighted by molar-refractivity contribution is -0.0921. The van der Waals surface area contributed by atoms with Crippen LogP contribution in [0.4, 0.5) is 13.2 Å². The Labute approximate surface area is 61.4 Å². The van der Waals surface area contributed by atoms with Crippen molar-refractivity contribution in [3.63, 3.8) is 0 Å². The zero-order valence-electron chi connectivity index (χ0n) is 5.99. The lowest BCUT2D eigenvalue weighted by Gasteiger charge is -2.06. The third-order valence-electron chi connectivity index (χ3n) is 1.18. The molecule has 0 rings (SSSR count). The van der Waals surface area contributed by atoms with Gasteiger partial charge in [0.1, 0.15) is 0 Å². The molecule has 0 bridgehead atoms. The van der Waals surface area contributed by atoms with Gasteiger partial charge in [0.2, 0.25) is 6.08 Å². The van der Waals surface area contributed by atoms with E-state index in [1.54, 1.807) is 0 Å². The van der Waals surface area contributed by atoms with E-state index >= 15 is 0 Å². The zero-order valence-corrected chi connectivity index (χ0v) is 5.99. The third kappa shape index (κ3) is 3.00. The average Bonchev–Trinajstić information content (AvgIpc) is 1.85. The molecule has 0 aromatic heterocycles. The predicted octanol–water partition coefficient (Wildman–Crippen LogP) is 2.18. The van der Waals surface area contributed by atoms with Crippen molar-refractivity contribution >= 4 is 6.08 Å². The SMILES string of the molecule is C/C(N=C=O)=C(/C)C(F)(F)F. The second-order valence-corrected chi connectivity index (χ2v) is 1.91. The van der Waals surface area contributed by atoms with E-state index in [0.717, 1.165) is 19.9 Å². The minimum atomic E-state index is -4.41. The maximum Gasteiger partial charge on any atom is 0.414 e. The number of nitrogens with zero attached hydrogens (tertiary/aromatic N) is 1. The van der Waals surface area contributed by atoms with E-state index in [0.29, 0.717) is 0 Å². The lowest BCUT2D eigenvalue weighted by Crippen LogP contribution is -2.10. The standard InChI is InChI=1S/C6H6F3NO/c1-4(6(7,8)9)5(2)10-3-11/h1-2H3/b5-4+. The fourth-order valence-corrected chi connectivity index (χ4v) is 0.357. The summed E-state index contributed by atoms with van der Waals surface area (Å²) in [6.07, 6.45) is -3.37. The molecule has 0 heterocycles. The normalized spacial score (nSPS) is 13.5. The summed E-state index contributed by atoms with van der Waals surface area (Å²) in [4.78, 5) is 12.4. The molecule has 0 N–H and O–H groups in total. The van der Waals surface area contributed by atoms with Gasteiger partial charge in [-0.05, 0) is 13.8 Å². The molecule has 11 heavy (non-hydrogen) atoms. The van der Waals surface area contributed by atoms with Gasteiger partial charge in [0, 0.05) is 0 Å². The molecule has 0 radical (unpaired) electrons. The lowest BCUT2D eigenvalue weighted by atomic mass is 10.2. The molecular weight excluding hydrogens is 159 g/mol. The number of carbonyl (C=O) groups excluding carboxylic acids is 1. The molecule has 62 valence electrons. The van der Waals surface area contributed by atoms with Crippen LogP contribution in [0.25, 0.3) is 0 Å². The summed E-state index contributed by atoms with van der Waals surface area (Å²) in [5, 5.41) is 0. The first-order valence-corrected chi connectivity index (χ1v) is 2.72. The third-order valence-corrected chi connectivity index (χ3v) is 1.18. The van der Waals surface area contributed by atoms with Crippen molar-refractivity contribution in [1.82, 2.24) is 0 Å². The van der Waals surface area contributed by atoms with Gasteiger partial charge in [0.15, 0.2) is 0 Å². The van der Waals surface area contributed by atoms with Crippen molar-refractivity contribution in [3.05, 3.63) is 11.3 Å². The van der Waals surface area contributed by atoms with E-state index in [-0.39, 0.29) is 5.70 Å². The van der Waals surface area contributed by atoms with Gasteiger partial charge in [-0.25, -0.2) is 4.79 Å². The van der Waals surface area contributed by atoms with Gasteiger partial charge in [-0.2, -0.15) is 18.2 Å². The Morgan fingerprint density at radius 2 is 1.82 bits per heavy atom. The average molecular weight is 165 g/mol. The van der Waals surface area contributed by atoms with Crippen molar-refractivity contribution in [1.29, 1.82) is 0 Å². The minimum Gasteiger partial charge on any atom is -0.211 e. The molecule has 0 unspecified atom stereocenters. The number of aliphatic imine (C=N–C) groups is 1. The van der Waals surface area contributed by atoms with Gasteiger partial charge < -0.3 is 0 Å². The maximum absolute atomic E-state index is 11.8. The number of alkyl halides is 3. The molecule has 0 aromatic carbocycles. The summed E-state index contributed by atoms with van der Waals surface area (Å²) < 4.78 is 35.3. The number of halogens is 3. The van der Waals surface area contributed by atoms with E-state index in [9.17, 15) is 18.0 Å². The molecule has 0 amide bonds. The van der Waals surface area contributed by atoms with Crippen molar-refractivity contribution in [2.75, 3.05) is 0 Å². The Hall–Kier alpha value is -1.09. The Bertz CT molecular complexity index is 222. The summed E-state index contributed by atoms with van der Waals surface area (Å²) in [6.45, 7) is 1.96. The van der Waals surface area contributed by atoms with Crippen LogP contribution in [0.15, 0.2) is 16.3 Å². The van der Waals surface area contributed by atoms with E-state index in [1.807, 2.05) is 0 Å². The van der Waals surface area contributed by atoms with Crippen LogP contribution in [0.5, 0.6) is 0 Å². The summed E-state index contributed by atoms with van der Waals surface area (Å²) in [6, 6.07) is 0. The quantitative estimate of drug-likeness (QED) is 0.432. The Morgan fingerprint density at radius 3 is 2.09 bits per heavy atom. The van der Waals surface area contributed by atoms with Gasteiger partial charge in [0.05, 0.1) is 11.3 Å². The van der Waals surface area contributed by atoms with Gasteiger partial charge in [-0.3, -0.25) is 0 Å². The predicted molar refractivity (Wildman–Crippen MR) is 32.6 cm³/mol. The molecule has 0 aliphatic carbocycles. The largest absolute Gasteiger partial charge is 0.414 e. The fourth-order valence-electron chi connectivity index (χ4n) is 0.357. The fraction of sp³-hybridized carbons (Fsp3) is 0.500. The van der Waals surface area contributed by atoms with Crippen LogP contribution in [-0.4, -0.2) is 12.3 Å². The number of hydrogen-bond donors (Lipinski definition) is 0. The topological polar surface area (TPSA) is 29.4 Å². The highest BCUT2D eigenvalue weighted by Gasteiger charge is 2.31. The van der Waals surface area contributed by atoms with Crippen LogP contribution in [0.3, 0.4) is 0 Å². The van der Waals surface area contributed by atoms with Crippen LogP contribution in [-0.2, 0) is 4.79 Å². The smallest absolute Gasteiger partial charge is 0.211 e. The second-order valence-electron chi connectivity index (χ2n) is 1.91. The summed E-state index contributed by atoms with van der Waals surface area (Å²) in [7, 11) is 0. The van der Waals surface area contributed by atoms with Gasteiger partial charge >= 0.3 is 6.18 Å². The van der Waals surface area contributed by atoms with E-state index in [4.69, 9.17) is 0 Å². The van der Waals surface area contributed by atoms with Crippen molar-refractivity contribution in [2.24, 2.45) is 4.99 Å². The van der Waals surface area contributed by atoms with Gasteiger partial charge in [0.25, 0.3) is 0 Å². The molecule has 5 heteroatoms. The highest BCUT2D eigenvalue weighted by atomic mass is 19.4. The number of rotatable bonds is 1. The van der Waals surface area contributed by atoms with E-state index in [1.165, 1.54) is 0 Å². The zero-order chi connectivity index (χ0) is 9.07. The summed E-state index contributed by atoms with van der Waals surface area (Å²) in [5.41, 5.74) is -1.23. The Morgan fingerprint density at radius 1 is 1.36 bits per heavy atom. The van der Waals surface area contributed by atoms with Crippen molar-refractivity contribution < 1.29 is 18.0 Å². The first-order valence-electron chi connectivity index (χ1n) is 2.72. The molecule has 0 spiro atoms. The Kier molecular flexibility index (Phi) is 3.01. The highest BCUT2D eigenvalue weighted by Crippen LogP contribution is 2.27. The molecule has 0 aromatic rings. The van der Waals surface area contributed by atoms with Crippen molar-refractivity contribution in [3.8, 4) is 0 Å². The first kappa shape index (κ1) is 9.91.